The molecule has 0 spiro atoms. The Morgan fingerprint density at radius 1 is 0.951 bits per heavy atom. The minimum atomic E-state index is -0.585. The van der Waals surface area contributed by atoms with Crippen LogP contribution in [0.4, 0.5) is 4.39 Å². The molecule has 0 amide bonds. The van der Waals surface area contributed by atoms with Gasteiger partial charge in [0.05, 0.1) is 5.92 Å². The third-order valence-electron chi connectivity index (χ3n) is 6.65. The topological polar surface area (TPSA) is 104 Å². The molecular weight excluding hydrogens is 523 g/mol. The van der Waals surface area contributed by atoms with Crippen LogP contribution in [0.1, 0.15) is 35.1 Å². The molecule has 5 rings (SSSR count). The number of allylic oxidation sites excluding steroid dienone is 1. The van der Waals surface area contributed by atoms with E-state index in [1.807, 2.05) is 18.2 Å². The highest BCUT2D eigenvalue weighted by Crippen LogP contribution is 2.44. The summed E-state index contributed by atoms with van der Waals surface area (Å²) in [4.78, 5) is 12.4. The number of nitrogens with zero attached hydrogens (tertiary/aromatic N) is 1. The second-order valence-corrected chi connectivity index (χ2v) is 9.34. The van der Waals surface area contributed by atoms with Crippen molar-refractivity contribution in [1.82, 2.24) is 0 Å². The fourth-order valence-electron chi connectivity index (χ4n) is 4.53. The number of benzene rings is 4. The van der Waals surface area contributed by atoms with E-state index in [-0.39, 0.29) is 36.2 Å². The van der Waals surface area contributed by atoms with Crippen molar-refractivity contribution < 1.29 is 28.1 Å². The molecular formula is C33H27FN2O5. The Bertz CT molecular complexity index is 1640. The fraction of sp³-hybridized carbons (Fsp3) is 0.152. The lowest BCUT2D eigenvalue weighted by molar-refractivity contribution is -0.136. The standard InChI is InChI=1S/C33H27FN2O5/c1-2-21-10-12-24(13-11-21)39-20-31(37)40-26-14-15-27-30(17-26)41-33(36)28(18-35)32(27)22-7-5-8-25(16-22)38-19-23-6-3-4-9-29(23)34/h3-17,32H,2,19-20,36H2,1H3. The second-order valence-electron chi connectivity index (χ2n) is 9.34. The Morgan fingerprint density at radius 2 is 1.73 bits per heavy atom. The highest BCUT2D eigenvalue weighted by atomic mass is 19.1. The molecule has 0 saturated heterocycles. The molecule has 1 unspecified atom stereocenters. The molecule has 41 heavy (non-hydrogen) atoms. The lowest BCUT2D eigenvalue weighted by atomic mass is 9.83. The molecule has 0 bridgehead atoms. The number of hydrogen-bond acceptors (Lipinski definition) is 7. The number of ether oxygens (including phenoxy) is 4. The minimum absolute atomic E-state index is 0.0477. The zero-order chi connectivity index (χ0) is 28.8. The van der Waals surface area contributed by atoms with Gasteiger partial charge in [-0.1, -0.05) is 55.5 Å². The highest BCUT2D eigenvalue weighted by Gasteiger charge is 2.31. The smallest absolute Gasteiger partial charge is 0.349 e. The first-order valence-corrected chi connectivity index (χ1v) is 13.0. The van der Waals surface area contributed by atoms with E-state index in [2.05, 4.69) is 13.0 Å². The quantitative estimate of drug-likeness (QED) is 0.196. The summed E-state index contributed by atoms with van der Waals surface area (Å²) in [7, 11) is 0. The lowest BCUT2D eigenvalue weighted by Crippen LogP contribution is -2.21. The van der Waals surface area contributed by atoms with Crippen molar-refractivity contribution in [1.29, 1.82) is 5.26 Å². The number of rotatable bonds is 9. The normalized spacial score (nSPS) is 13.9. The molecule has 4 aromatic rings. The molecule has 1 atom stereocenters. The average Bonchev–Trinajstić information content (AvgIpc) is 2.99. The van der Waals surface area contributed by atoms with Crippen molar-refractivity contribution >= 4 is 5.97 Å². The first-order valence-electron chi connectivity index (χ1n) is 13.0. The molecule has 0 radical (unpaired) electrons. The largest absolute Gasteiger partial charge is 0.489 e. The molecule has 7 nitrogen and oxygen atoms in total. The van der Waals surface area contributed by atoms with Crippen LogP contribution in [0.2, 0.25) is 0 Å². The van der Waals surface area contributed by atoms with Gasteiger partial charge in [-0.05, 0) is 53.9 Å². The van der Waals surface area contributed by atoms with Crippen LogP contribution in [0.3, 0.4) is 0 Å². The van der Waals surface area contributed by atoms with E-state index >= 15 is 0 Å². The SMILES string of the molecule is CCc1ccc(OCC(=O)Oc2ccc3c(c2)OC(N)=C(C#N)C3c2cccc(OCc3ccccc3F)c2)cc1. The number of carbonyl (C=O) groups excluding carboxylic acids is 1. The summed E-state index contributed by atoms with van der Waals surface area (Å²) in [6.45, 7) is 1.84. The molecule has 1 aliphatic heterocycles. The minimum Gasteiger partial charge on any atom is -0.489 e. The molecule has 206 valence electrons. The van der Waals surface area contributed by atoms with Gasteiger partial charge in [0.25, 0.3) is 0 Å². The van der Waals surface area contributed by atoms with Crippen LogP contribution in [0.25, 0.3) is 0 Å². The molecule has 1 heterocycles. The van der Waals surface area contributed by atoms with Crippen LogP contribution in [0, 0.1) is 17.1 Å². The Labute approximate surface area is 237 Å². The molecule has 8 heteroatoms. The van der Waals surface area contributed by atoms with Crippen molar-refractivity contribution in [3.63, 3.8) is 0 Å². The fourth-order valence-corrected chi connectivity index (χ4v) is 4.53. The zero-order valence-electron chi connectivity index (χ0n) is 22.3. The Kier molecular flexibility index (Phi) is 8.16. The van der Waals surface area contributed by atoms with E-state index < -0.39 is 11.9 Å². The van der Waals surface area contributed by atoms with Gasteiger partial charge >= 0.3 is 5.97 Å². The summed E-state index contributed by atoms with van der Waals surface area (Å²) in [5, 5.41) is 9.90. The number of esters is 1. The summed E-state index contributed by atoms with van der Waals surface area (Å²) >= 11 is 0. The Hall–Kier alpha value is -5.29. The van der Waals surface area contributed by atoms with Crippen molar-refractivity contribution in [2.45, 2.75) is 25.9 Å². The number of halogens is 1. The maximum absolute atomic E-state index is 14.0. The predicted octanol–water partition coefficient (Wildman–Crippen LogP) is 6.17. The lowest BCUT2D eigenvalue weighted by Gasteiger charge is -2.27. The van der Waals surface area contributed by atoms with Crippen LogP contribution in [-0.2, 0) is 17.8 Å². The van der Waals surface area contributed by atoms with Crippen LogP contribution in [0.15, 0.2) is 102 Å². The average molecular weight is 551 g/mol. The van der Waals surface area contributed by atoms with Crippen LogP contribution >= 0.6 is 0 Å². The van der Waals surface area contributed by atoms with E-state index in [0.29, 0.717) is 28.4 Å². The number of carbonyl (C=O) groups is 1. The maximum atomic E-state index is 14.0. The van der Waals surface area contributed by atoms with E-state index in [1.165, 1.54) is 11.6 Å². The number of nitrogens with two attached hydrogens (primary N) is 1. The maximum Gasteiger partial charge on any atom is 0.349 e. The molecule has 1 aliphatic rings. The van der Waals surface area contributed by atoms with Gasteiger partial charge in [-0.2, -0.15) is 5.26 Å². The summed E-state index contributed by atoms with van der Waals surface area (Å²) in [5.41, 5.74) is 9.36. The molecule has 0 aromatic heterocycles. The monoisotopic (exact) mass is 550 g/mol. The number of nitriles is 1. The summed E-state index contributed by atoms with van der Waals surface area (Å²) in [5.74, 6) is 0.126. The van der Waals surface area contributed by atoms with E-state index in [0.717, 1.165) is 12.0 Å². The molecule has 0 aliphatic carbocycles. The van der Waals surface area contributed by atoms with Gasteiger partial charge in [0, 0.05) is 17.2 Å². The van der Waals surface area contributed by atoms with Gasteiger partial charge in [0.15, 0.2) is 6.61 Å². The zero-order valence-corrected chi connectivity index (χ0v) is 22.3. The highest BCUT2D eigenvalue weighted by molar-refractivity contribution is 5.74. The van der Waals surface area contributed by atoms with E-state index in [9.17, 15) is 14.4 Å². The third-order valence-corrected chi connectivity index (χ3v) is 6.65. The predicted molar refractivity (Wildman–Crippen MR) is 150 cm³/mol. The van der Waals surface area contributed by atoms with Gasteiger partial charge in [0.1, 0.15) is 47.1 Å². The number of fused-ring (bicyclic) bond motifs is 1. The second kappa shape index (κ2) is 12.3. The van der Waals surface area contributed by atoms with Crippen molar-refractivity contribution in [2.24, 2.45) is 5.73 Å². The van der Waals surface area contributed by atoms with E-state index in [1.54, 1.807) is 66.7 Å². The van der Waals surface area contributed by atoms with Gasteiger partial charge < -0.3 is 24.7 Å². The third kappa shape index (κ3) is 6.31. The van der Waals surface area contributed by atoms with Crippen LogP contribution in [0.5, 0.6) is 23.0 Å². The van der Waals surface area contributed by atoms with Crippen molar-refractivity contribution in [2.75, 3.05) is 6.61 Å². The van der Waals surface area contributed by atoms with Gasteiger partial charge in [-0.3, -0.25) is 0 Å². The Morgan fingerprint density at radius 3 is 2.49 bits per heavy atom. The molecule has 4 aromatic carbocycles. The Balaban J connectivity index is 1.32. The van der Waals surface area contributed by atoms with Crippen LogP contribution in [-0.4, -0.2) is 12.6 Å². The summed E-state index contributed by atoms with van der Waals surface area (Å²) in [6.07, 6.45) is 0.911. The molecule has 0 saturated carbocycles. The van der Waals surface area contributed by atoms with Gasteiger partial charge in [0.2, 0.25) is 5.88 Å². The number of aryl methyl sites for hydroxylation is 1. The molecule has 0 fully saturated rings. The summed E-state index contributed by atoms with van der Waals surface area (Å²) < 4.78 is 36.6. The number of hydrogen-bond donors (Lipinski definition) is 1. The first-order chi connectivity index (χ1) is 19.9. The molecule has 2 N–H and O–H groups in total. The summed E-state index contributed by atoms with van der Waals surface area (Å²) in [6, 6.07) is 28.1. The van der Waals surface area contributed by atoms with Gasteiger partial charge in [-0.15, -0.1) is 0 Å². The van der Waals surface area contributed by atoms with Crippen molar-refractivity contribution in [3.8, 4) is 29.1 Å². The van der Waals surface area contributed by atoms with Gasteiger partial charge in [-0.25, -0.2) is 9.18 Å². The first kappa shape index (κ1) is 27.3. The van der Waals surface area contributed by atoms with Crippen LogP contribution < -0.4 is 24.7 Å². The van der Waals surface area contributed by atoms with Crippen molar-refractivity contribution in [3.05, 3.63) is 131 Å². The van der Waals surface area contributed by atoms with E-state index in [4.69, 9.17) is 24.7 Å².